The molecule has 0 bridgehead atoms. The largest absolute Gasteiger partial charge is 0.479 e. The van der Waals surface area contributed by atoms with Gasteiger partial charge in [0, 0.05) is 6.54 Å². The van der Waals surface area contributed by atoms with Crippen molar-refractivity contribution in [2.75, 3.05) is 13.4 Å². The maximum absolute atomic E-state index is 12.8. The number of hydrogen-bond donors (Lipinski definition) is 1. The first-order valence-electron chi connectivity index (χ1n) is 8.25. The number of halogens is 1. The number of esters is 1. The van der Waals surface area contributed by atoms with E-state index in [4.69, 9.17) is 18.9 Å². The van der Waals surface area contributed by atoms with E-state index in [1.807, 2.05) is 0 Å². The van der Waals surface area contributed by atoms with Crippen LogP contribution in [0.5, 0.6) is 17.2 Å². The molecule has 0 saturated heterocycles. The fourth-order valence-electron chi connectivity index (χ4n) is 2.32. The lowest BCUT2D eigenvalue weighted by Crippen LogP contribution is -2.32. The van der Waals surface area contributed by atoms with Crippen molar-refractivity contribution in [1.82, 2.24) is 5.32 Å². The van der Waals surface area contributed by atoms with Gasteiger partial charge >= 0.3 is 5.97 Å². The van der Waals surface area contributed by atoms with Crippen molar-refractivity contribution in [2.45, 2.75) is 19.6 Å². The Kier molecular flexibility index (Phi) is 5.75. The molecule has 0 saturated carbocycles. The number of amides is 1. The Morgan fingerprint density at radius 3 is 2.67 bits per heavy atom. The topological polar surface area (TPSA) is 83.1 Å². The molecule has 142 valence electrons. The Balaban J connectivity index is 1.40. The van der Waals surface area contributed by atoms with Crippen molar-refractivity contribution in [1.29, 1.82) is 0 Å². The number of fused-ring (bicyclic) bond motifs is 1. The molecular weight excluding hydrogens is 357 g/mol. The van der Waals surface area contributed by atoms with Gasteiger partial charge in [0.1, 0.15) is 11.6 Å². The summed E-state index contributed by atoms with van der Waals surface area (Å²) in [5.41, 5.74) is 0.826. The van der Waals surface area contributed by atoms with Crippen LogP contribution in [0.1, 0.15) is 12.5 Å². The molecule has 1 heterocycles. The standard InChI is InChI=1S/C19H18FNO6/c1-12(27-15-5-3-14(20)4-6-15)19(23)24-10-18(22)21-9-13-2-7-16-17(8-13)26-11-25-16/h2-8,12H,9-11H2,1H3,(H,21,22)/t12-/m1/s1. The average molecular weight is 375 g/mol. The van der Waals surface area contributed by atoms with Crippen molar-refractivity contribution < 1.29 is 32.9 Å². The normalized spacial score (nSPS) is 13.0. The Morgan fingerprint density at radius 2 is 1.89 bits per heavy atom. The third-order valence-electron chi connectivity index (χ3n) is 3.73. The smallest absolute Gasteiger partial charge is 0.347 e. The maximum Gasteiger partial charge on any atom is 0.347 e. The molecular formula is C19H18FNO6. The third kappa shape index (κ3) is 5.10. The Hall–Kier alpha value is -3.29. The van der Waals surface area contributed by atoms with Crippen LogP contribution in [0.2, 0.25) is 0 Å². The molecule has 0 aromatic heterocycles. The summed E-state index contributed by atoms with van der Waals surface area (Å²) in [6.45, 7) is 1.49. The molecule has 0 unspecified atom stereocenters. The number of ether oxygens (including phenoxy) is 4. The highest BCUT2D eigenvalue weighted by atomic mass is 19.1. The third-order valence-corrected chi connectivity index (χ3v) is 3.73. The molecule has 2 aromatic rings. The van der Waals surface area contributed by atoms with Gasteiger partial charge in [0.25, 0.3) is 5.91 Å². The molecule has 7 nitrogen and oxygen atoms in total. The molecule has 1 atom stereocenters. The van der Waals surface area contributed by atoms with Gasteiger partial charge in [0.15, 0.2) is 24.2 Å². The number of carbonyl (C=O) groups excluding carboxylic acids is 2. The predicted molar refractivity (Wildman–Crippen MR) is 91.9 cm³/mol. The first kappa shape index (κ1) is 18.5. The molecule has 2 aromatic carbocycles. The summed E-state index contributed by atoms with van der Waals surface area (Å²) < 4.78 is 33.6. The monoisotopic (exact) mass is 375 g/mol. The lowest BCUT2D eigenvalue weighted by Gasteiger charge is -2.14. The summed E-state index contributed by atoms with van der Waals surface area (Å²) in [7, 11) is 0. The highest BCUT2D eigenvalue weighted by Crippen LogP contribution is 2.32. The molecule has 1 amide bonds. The zero-order chi connectivity index (χ0) is 19.2. The lowest BCUT2D eigenvalue weighted by molar-refractivity contribution is -0.154. The van der Waals surface area contributed by atoms with Crippen LogP contribution in [0.4, 0.5) is 4.39 Å². The van der Waals surface area contributed by atoms with Crippen LogP contribution in [0, 0.1) is 5.82 Å². The van der Waals surface area contributed by atoms with Gasteiger partial charge in [0.2, 0.25) is 6.79 Å². The summed E-state index contributed by atoms with van der Waals surface area (Å²) in [5, 5.41) is 2.65. The lowest BCUT2D eigenvalue weighted by atomic mass is 10.2. The van der Waals surface area contributed by atoms with Gasteiger partial charge in [-0.2, -0.15) is 0 Å². The first-order chi connectivity index (χ1) is 13.0. The van der Waals surface area contributed by atoms with Gasteiger partial charge in [-0.3, -0.25) is 4.79 Å². The van der Waals surface area contributed by atoms with Crippen LogP contribution in [0.15, 0.2) is 42.5 Å². The van der Waals surface area contributed by atoms with Gasteiger partial charge in [-0.05, 0) is 48.9 Å². The molecule has 0 spiro atoms. The number of benzene rings is 2. The Bertz CT molecular complexity index is 823. The molecule has 8 heteroatoms. The van der Waals surface area contributed by atoms with Gasteiger partial charge in [-0.25, -0.2) is 9.18 Å². The Morgan fingerprint density at radius 1 is 1.15 bits per heavy atom. The molecule has 0 radical (unpaired) electrons. The maximum atomic E-state index is 12.8. The van der Waals surface area contributed by atoms with E-state index in [1.54, 1.807) is 18.2 Å². The van der Waals surface area contributed by atoms with Crippen LogP contribution in [-0.2, 0) is 20.9 Å². The molecule has 3 rings (SSSR count). The molecule has 0 aliphatic carbocycles. The van der Waals surface area contributed by atoms with Crippen LogP contribution in [-0.4, -0.2) is 31.4 Å². The van der Waals surface area contributed by atoms with Crippen molar-refractivity contribution in [3.05, 3.63) is 53.8 Å². The summed E-state index contributed by atoms with van der Waals surface area (Å²) >= 11 is 0. The van der Waals surface area contributed by atoms with E-state index in [0.717, 1.165) is 5.56 Å². The minimum Gasteiger partial charge on any atom is -0.479 e. The summed E-state index contributed by atoms with van der Waals surface area (Å²) in [6, 6.07) is 10.6. The second-order valence-corrected chi connectivity index (χ2v) is 5.79. The number of hydrogen-bond acceptors (Lipinski definition) is 6. The van der Waals surface area contributed by atoms with E-state index in [0.29, 0.717) is 17.2 Å². The zero-order valence-electron chi connectivity index (χ0n) is 14.6. The van der Waals surface area contributed by atoms with Gasteiger partial charge in [-0.1, -0.05) is 6.07 Å². The number of nitrogens with one attached hydrogen (secondary N) is 1. The minimum atomic E-state index is -0.933. The van der Waals surface area contributed by atoms with E-state index >= 15 is 0 Å². The quantitative estimate of drug-likeness (QED) is 0.747. The summed E-state index contributed by atoms with van der Waals surface area (Å²) in [6.07, 6.45) is -0.933. The fraction of sp³-hybridized carbons (Fsp3) is 0.263. The van der Waals surface area contributed by atoms with E-state index in [1.165, 1.54) is 31.2 Å². The van der Waals surface area contributed by atoms with Crippen LogP contribution >= 0.6 is 0 Å². The van der Waals surface area contributed by atoms with E-state index < -0.39 is 30.4 Å². The number of carbonyl (C=O) groups is 2. The zero-order valence-corrected chi connectivity index (χ0v) is 14.6. The second-order valence-electron chi connectivity index (χ2n) is 5.79. The van der Waals surface area contributed by atoms with Crippen molar-refractivity contribution >= 4 is 11.9 Å². The van der Waals surface area contributed by atoms with Gasteiger partial charge in [0.05, 0.1) is 0 Å². The first-order valence-corrected chi connectivity index (χ1v) is 8.25. The molecule has 1 N–H and O–H groups in total. The van der Waals surface area contributed by atoms with E-state index in [2.05, 4.69) is 5.32 Å². The number of rotatable bonds is 7. The van der Waals surface area contributed by atoms with Crippen molar-refractivity contribution in [2.24, 2.45) is 0 Å². The highest BCUT2D eigenvalue weighted by Gasteiger charge is 2.18. The molecule has 1 aliphatic rings. The van der Waals surface area contributed by atoms with E-state index in [9.17, 15) is 14.0 Å². The summed E-state index contributed by atoms with van der Waals surface area (Å²) in [4.78, 5) is 23.7. The van der Waals surface area contributed by atoms with E-state index in [-0.39, 0.29) is 13.3 Å². The average Bonchev–Trinajstić information content (AvgIpc) is 3.14. The van der Waals surface area contributed by atoms with Crippen molar-refractivity contribution in [3.63, 3.8) is 0 Å². The molecule has 1 aliphatic heterocycles. The van der Waals surface area contributed by atoms with Gasteiger partial charge < -0.3 is 24.3 Å². The second kappa shape index (κ2) is 8.39. The molecule has 0 fully saturated rings. The fourth-order valence-corrected chi connectivity index (χ4v) is 2.32. The van der Waals surface area contributed by atoms with Crippen LogP contribution < -0.4 is 19.5 Å². The van der Waals surface area contributed by atoms with Crippen molar-refractivity contribution in [3.8, 4) is 17.2 Å². The van der Waals surface area contributed by atoms with Crippen LogP contribution in [0.25, 0.3) is 0 Å². The SMILES string of the molecule is C[C@@H](Oc1ccc(F)cc1)C(=O)OCC(=O)NCc1ccc2c(c1)OCO2. The summed E-state index contributed by atoms with van der Waals surface area (Å²) in [5.74, 6) is 0.0615. The van der Waals surface area contributed by atoms with Gasteiger partial charge in [-0.15, -0.1) is 0 Å². The highest BCUT2D eigenvalue weighted by molar-refractivity contribution is 5.82. The molecule has 27 heavy (non-hydrogen) atoms. The predicted octanol–water partition coefficient (Wildman–Crippen LogP) is 2.18. The van der Waals surface area contributed by atoms with Crippen LogP contribution in [0.3, 0.4) is 0 Å². The Labute approximate surface area is 155 Å². The minimum absolute atomic E-state index is 0.180.